The second kappa shape index (κ2) is 9.21. The Kier molecular flexibility index (Phi) is 6.46. The van der Waals surface area contributed by atoms with Crippen molar-refractivity contribution in [2.24, 2.45) is 0 Å². The Bertz CT molecular complexity index is 1020. The average Bonchev–Trinajstić information content (AvgIpc) is 2.69. The van der Waals surface area contributed by atoms with E-state index in [1.54, 1.807) is 6.20 Å². The van der Waals surface area contributed by atoms with E-state index in [9.17, 15) is 14.7 Å². The van der Waals surface area contributed by atoms with Crippen molar-refractivity contribution >= 4 is 29.2 Å². The topological polar surface area (TPSA) is 88.5 Å². The van der Waals surface area contributed by atoms with Gasteiger partial charge in [0.15, 0.2) is 0 Å². The number of amides is 1. The van der Waals surface area contributed by atoms with E-state index in [4.69, 9.17) is 16.3 Å². The second-order valence-corrected chi connectivity index (χ2v) is 6.67. The van der Waals surface area contributed by atoms with Crippen LogP contribution in [0, 0.1) is 0 Å². The van der Waals surface area contributed by atoms with Crippen LogP contribution in [0.25, 0.3) is 11.1 Å². The summed E-state index contributed by atoms with van der Waals surface area (Å²) in [6, 6.07) is 15.5. The zero-order valence-corrected chi connectivity index (χ0v) is 16.4. The van der Waals surface area contributed by atoms with Gasteiger partial charge in [-0.15, -0.1) is 0 Å². The number of ether oxygens (including phenoxy) is 1. The number of hydrogen-bond donors (Lipinski definition) is 2. The summed E-state index contributed by atoms with van der Waals surface area (Å²) in [6.07, 6.45) is 1.84. The molecule has 0 unspecified atom stereocenters. The molecule has 0 spiro atoms. The summed E-state index contributed by atoms with van der Waals surface area (Å²) in [7, 11) is 0. The van der Waals surface area contributed by atoms with E-state index < -0.39 is 5.97 Å². The fourth-order valence-corrected chi connectivity index (χ4v) is 2.96. The Morgan fingerprint density at radius 1 is 1.07 bits per heavy atom. The van der Waals surface area contributed by atoms with Crippen LogP contribution in [0.4, 0.5) is 5.69 Å². The van der Waals surface area contributed by atoms with Crippen molar-refractivity contribution < 1.29 is 19.4 Å². The van der Waals surface area contributed by atoms with Crippen molar-refractivity contribution in [1.29, 1.82) is 0 Å². The zero-order valence-electron chi connectivity index (χ0n) is 15.7. The first-order valence-electron chi connectivity index (χ1n) is 8.97. The minimum atomic E-state index is -1.13. The fourth-order valence-electron chi connectivity index (χ4n) is 2.79. The highest BCUT2D eigenvalue weighted by atomic mass is 35.5. The molecule has 0 radical (unpaired) electrons. The molecular weight excluding hydrogens is 392 g/mol. The highest BCUT2D eigenvalue weighted by Crippen LogP contribution is 2.23. The van der Waals surface area contributed by atoms with Crippen molar-refractivity contribution in [3.8, 4) is 17.0 Å². The predicted molar refractivity (Wildman–Crippen MR) is 112 cm³/mol. The number of carbonyl (C=O) groups excluding carboxylic acids is 1. The number of carboxylic acid groups (broad SMARTS) is 1. The number of carbonyl (C=O) groups is 2. The normalized spacial score (nSPS) is 10.4. The largest absolute Gasteiger partial charge is 0.478 e. The Morgan fingerprint density at radius 2 is 1.79 bits per heavy atom. The first-order valence-corrected chi connectivity index (χ1v) is 9.35. The van der Waals surface area contributed by atoms with Crippen LogP contribution in [0.3, 0.4) is 0 Å². The van der Waals surface area contributed by atoms with E-state index in [2.05, 4.69) is 10.3 Å². The smallest absolute Gasteiger partial charge is 0.337 e. The third kappa shape index (κ3) is 5.33. The maximum absolute atomic E-state index is 12.4. The van der Waals surface area contributed by atoms with Crippen LogP contribution in [-0.2, 0) is 11.2 Å². The SMILES string of the molecule is CCOc1ccc(-c2ccc(CC(=O)Nc3cc(Cl)ccc3C(=O)O)cc2)cn1. The van der Waals surface area contributed by atoms with Crippen LogP contribution >= 0.6 is 11.6 Å². The van der Waals surface area contributed by atoms with Crippen LogP contribution in [0.15, 0.2) is 60.8 Å². The molecule has 3 aromatic rings. The van der Waals surface area contributed by atoms with Gasteiger partial charge < -0.3 is 15.2 Å². The number of rotatable bonds is 7. The Labute approximate surface area is 173 Å². The summed E-state index contributed by atoms with van der Waals surface area (Å²) in [6.45, 7) is 2.46. The number of anilines is 1. The number of pyridine rings is 1. The van der Waals surface area contributed by atoms with E-state index >= 15 is 0 Å². The molecule has 1 amide bonds. The molecule has 1 aromatic heterocycles. The maximum atomic E-state index is 12.4. The first-order chi connectivity index (χ1) is 14.0. The highest BCUT2D eigenvalue weighted by Gasteiger charge is 2.13. The van der Waals surface area contributed by atoms with Gasteiger partial charge in [0.05, 0.1) is 24.3 Å². The molecule has 0 bridgehead atoms. The van der Waals surface area contributed by atoms with Gasteiger partial charge in [0, 0.05) is 22.8 Å². The molecule has 0 aliphatic heterocycles. The number of halogens is 1. The zero-order chi connectivity index (χ0) is 20.8. The van der Waals surface area contributed by atoms with Gasteiger partial charge in [-0.2, -0.15) is 0 Å². The summed E-state index contributed by atoms with van der Waals surface area (Å²) in [5.74, 6) is -0.887. The number of nitrogens with zero attached hydrogens (tertiary/aromatic N) is 1. The van der Waals surface area contributed by atoms with Crippen molar-refractivity contribution in [1.82, 2.24) is 4.98 Å². The lowest BCUT2D eigenvalue weighted by Crippen LogP contribution is -2.16. The van der Waals surface area contributed by atoms with E-state index in [1.165, 1.54) is 18.2 Å². The van der Waals surface area contributed by atoms with Crippen molar-refractivity contribution in [2.45, 2.75) is 13.3 Å². The molecule has 29 heavy (non-hydrogen) atoms. The van der Waals surface area contributed by atoms with Gasteiger partial charge in [-0.25, -0.2) is 9.78 Å². The van der Waals surface area contributed by atoms with Crippen LogP contribution in [0.2, 0.25) is 5.02 Å². The van der Waals surface area contributed by atoms with Gasteiger partial charge in [-0.05, 0) is 42.3 Å². The van der Waals surface area contributed by atoms with E-state index in [0.29, 0.717) is 17.5 Å². The molecule has 2 aromatic carbocycles. The van der Waals surface area contributed by atoms with Crippen LogP contribution in [0.5, 0.6) is 5.88 Å². The summed E-state index contributed by atoms with van der Waals surface area (Å²) >= 11 is 5.91. The number of nitrogens with one attached hydrogen (secondary N) is 1. The number of aromatic nitrogens is 1. The Balaban J connectivity index is 1.67. The minimum absolute atomic E-state index is 0.0129. The van der Waals surface area contributed by atoms with Gasteiger partial charge in [-0.3, -0.25) is 4.79 Å². The van der Waals surface area contributed by atoms with Crippen molar-refractivity contribution in [2.75, 3.05) is 11.9 Å². The standard InChI is InChI=1S/C22H19ClN2O4/c1-2-29-21-10-7-16(13-24-21)15-5-3-14(4-6-15)11-20(26)25-19-12-17(23)8-9-18(19)22(27)28/h3-10,12-13H,2,11H2,1H3,(H,25,26)(H,27,28). The van der Waals surface area contributed by atoms with Crippen molar-refractivity contribution in [3.63, 3.8) is 0 Å². The highest BCUT2D eigenvalue weighted by molar-refractivity contribution is 6.31. The number of benzene rings is 2. The van der Waals surface area contributed by atoms with Crippen LogP contribution in [-0.4, -0.2) is 28.6 Å². The molecule has 0 aliphatic carbocycles. The molecule has 7 heteroatoms. The lowest BCUT2D eigenvalue weighted by molar-refractivity contribution is -0.115. The Morgan fingerprint density at radius 3 is 2.41 bits per heavy atom. The lowest BCUT2D eigenvalue weighted by Gasteiger charge is -2.10. The van der Waals surface area contributed by atoms with Crippen LogP contribution < -0.4 is 10.1 Å². The van der Waals surface area contributed by atoms with Gasteiger partial charge in [0.25, 0.3) is 0 Å². The third-order valence-electron chi connectivity index (χ3n) is 4.17. The van der Waals surface area contributed by atoms with Gasteiger partial charge in [-0.1, -0.05) is 35.9 Å². The maximum Gasteiger partial charge on any atom is 0.337 e. The van der Waals surface area contributed by atoms with Gasteiger partial charge in [0.1, 0.15) is 0 Å². The van der Waals surface area contributed by atoms with Gasteiger partial charge >= 0.3 is 5.97 Å². The van der Waals surface area contributed by atoms with E-state index in [0.717, 1.165) is 16.7 Å². The molecule has 3 rings (SSSR count). The molecule has 148 valence electrons. The van der Waals surface area contributed by atoms with Crippen LogP contribution in [0.1, 0.15) is 22.8 Å². The molecule has 0 saturated carbocycles. The molecule has 0 saturated heterocycles. The molecule has 2 N–H and O–H groups in total. The monoisotopic (exact) mass is 410 g/mol. The summed E-state index contributed by atoms with van der Waals surface area (Å²) < 4.78 is 5.34. The first kappa shape index (κ1) is 20.4. The van der Waals surface area contributed by atoms with Gasteiger partial charge in [0.2, 0.25) is 11.8 Å². The minimum Gasteiger partial charge on any atom is -0.478 e. The second-order valence-electron chi connectivity index (χ2n) is 6.24. The molecule has 0 fully saturated rings. The summed E-state index contributed by atoms with van der Waals surface area (Å²) in [4.78, 5) is 27.9. The fraction of sp³-hybridized carbons (Fsp3) is 0.136. The summed E-state index contributed by atoms with van der Waals surface area (Å²) in [5.41, 5.74) is 2.86. The number of aromatic carboxylic acids is 1. The molecule has 0 atom stereocenters. The molecular formula is C22H19ClN2O4. The quantitative estimate of drug-likeness (QED) is 0.590. The van der Waals surface area contributed by atoms with E-state index in [-0.39, 0.29) is 23.6 Å². The third-order valence-corrected chi connectivity index (χ3v) is 4.40. The Hall–Kier alpha value is -3.38. The molecule has 6 nitrogen and oxygen atoms in total. The average molecular weight is 411 g/mol. The molecule has 1 heterocycles. The van der Waals surface area contributed by atoms with E-state index in [1.807, 2.05) is 43.3 Å². The van der Waals surface area contributed by atoms with Crippen molar-refractivity contribution in [3.05, 3.63) is 76.9 Å². The lowest BCUT2D eigenvalue weighted by atomic mass is 10.0. The molecule has 0 aliphatic rings. The summed E-state index contributed by atoms with van der Waals surface area (Å²) in [5, 5.41) is 12.2. The predicted octanol–water partition coefficient (Wildman–Crippen LogP) is 4.68. The number of carboxylic acids is 1. The number of hydrogen-bond acceptors (Lipinski definition) is 4.